The van der Waals surface area contributed by atoms with E-state index >= 15 is 0 Å². The van der Waals surface area contributed by atoms with Crippen LogP contribution in [0.2, 0.25) is 0 Å². The van der Waals surface area contributed by atoms with E-state index in [1.807, 2.05) is 36.4 Å². The molecule has 1 aromatic carbocycles. The normalized spacial score (nSPS) is 11.1. The summed E-state index contributed by atoms with van der Waals surface area (Å²) in [7, 11) is 0. The molecule has 0 spiro atoms. The lowest BCUT2D eigenvalue weighted by Crippen LogP contribution is -2.07. The molecule has 0 unspecified atom stereocenters. The number of anilines is 1. The molecule has 0 fully saturated rings. The van der Waals surface area contributed by atoms with Crippen molar-refractivity contribution in [3.8, 4) is 11.3 Å². The molecule has 1 amide bonds. The topological polar surface area (TPSA) is 72.2 Å². The molecule has 0 saturated carbocycles. The highest BCUT2D eigenvalue weighted by Gasteiger charge is 2.03. The van der Waals surface area contributed by atoms with Crippen LogP contribution in [0.25, 0.3) is 16.9 Å². The van der Waals surface area contributed by atoms with Crippen LogP contribution >= 0.6 is 0 Å². The molecule has 0 aliphatic rings. The Bertz CT molecular complexity index is 804. The quantitative estimate of drug-likeness (QED) is 0.747. The highest BCUT2D eigenvalue weighted by Crippen LogP contribution is 2.19. The molecule has 0 aliphatic carbocycles. The fraction of sp³-hybridized carbons (Fsp3) is 0.0667. The Labute approximate surface area is 121 Å². The first-order valence-corrected chi connectivity index (χ1v) is 6.47. The Morgan fingerprint density at radius 2 is 2.00 bits per heavy atom. The monoisotopic (exact) mass is 279 g/mol. The molecule has 0 atom stereocenters. The molecular formula is C15H13N5O. The Kier molecular flexibility index (Phi) is 3.42. The first-order chi connectivity index (χ1) is 10.3. The standard InChI is InChI=1S/C15H13N5O/c1-2-3-15(21)17-12-6-4-11(5-7-12)13-8-9-14-18-16-10-20(14)19-13/h2-10H,1H3,(H,17,21)/b3-2+. The van der Waals surface area contributed by atoms with E-state index < -0.39 is 0 Å². The smallest absolute Gasteiger partial charge is 0.248 e. The van der Waals surface area contributed by atoms with E-state index in [4.69, 9.17) is 0 Å². The van der Waals surface area contributed by atoms with Crippen molar-refractivity contribution >= 4 is 17.2 Å². The molecule has 0 bridgehead atoms. The number of nitrogens with one attached hydrogen (secondary N) is 1. The van der Waals surface area contributed by atoms with E-state index in [1.165, 1.54) is 6.08 Å². The zero-order valence-electron chi connectivity index (χ0n) is 11.4. The van der Waals surface area contributed by atoms with Gasteiger partial charge in [-0.05, 0) is 37.3 Å². The molecule has 1 N–H and O–H groups in total. The maximum absolute atomic E-state index is 11.5. The molecule has 3 rings (SSSR count). The van der Waals surface area contributed by atoms with Crippen LogP contribution in [0.15, 0.2) is 54.9 Å². The van der Waals surface area contributed by atoms with Gasteiger partial charge in [0.05, 0.1) is 5.69 Å². The van der Waals surface area contributed by atoms with Gasteiger partial charge in [-0.2, -0.15) is 9.61 Å². The molecular weight excluding hydrogens is 266 g/mol. The van der Waals surface area contributed by atoms with Crippen LogP contribution in [0, 0.1) is 0 Å². The van der Waals surface area contributed by atoms with Crippen molar-refractivity contribution in [3.05, 3.63) is 54.9 Å². The number of hydrogen-bond acceptors (Lipinski definition) is 4. The van der Waals surface area contributed by atoms with Gasteiger partial charge in [0.1, 0.15) is 6.33 Å². The van der Waals surface area contributed by atoms with Crippen molar-refractivity contribution in [2.24, 2.45) is 0 Å². The fourth-order valence-electron chi connectivity index (χ4n) is 1.94. The number of nitrogens with zero attached hydrogens (tertiary/aromatic N) is 4. The number of hydrogen-bond donors (Lipinski definition) is 1. The first kappa shape index (κ1) is 13.0. The molecule has 0 aliphatic heterocycles. The van der Waals surface area contributed by atoms with Crippen molar-refractivity contribution < 1.29 is 4.79 Å². The Balaban J connectivity index is 1.84. The second-order valence-corrected chi connectivity index (χ2v) is 4.42. The summed E-state index contributed by atoms with van der Waals surface area (Å²) < 4.78 is 1.62. The predicted octanol–water partition coefficient (Wildman–Crippen LogP) is 2.31. The molecule has 2 heterocycles. The number of benzene rings is 1. The number of aromatic nitrogens is 4. The van der Waals surface area contributed by atoms with Crippen molar-refractivity contribution in [3.63, 3.8) is 0 Å². The molecule has 104 valence electrons. The molecule has 0 radical (unpaired) electrons. The van der Waals surface area contributed by atoms with Crippen LogP contribution in [0.5, 0.6) is 0 Å². The summed E-state index contributed by atoms with van der Waals surface area (Å²) >= 11 is 0. The van der Waals surface area contributed by atoms with Crippen molar-refractivity contribution in [1.82, 2.24) is 19.8 Å². The first-order valence-electron chi connectivity index (χ1n) is 6.47. The lowest BCUT2D eigenvalue weighted by atomic mass is 10.1. The van der Waals surface area contributed by atoms with Gasteiger partial charge in [-0.25, -0.2) is 0 Å². The van der Waals surface area contributed by atoms with E-state index in [1.54, 1.807) is 23.8 Å². The second-order valence-electron chi connectivity index (χ2n) is 4.42. The third-order valence-corrected chi connectivity index (χ3v) is 2.93. The van der Waals surface area contributed by atoms with Crippen LogP contribution < -0.4 is 5.32 Å². The summed E-state index contributed by atoms with van der Waals surface area (Å²) in [6.45, 7) is 1.80. The molecule has 6 heteroatoms. The Morgan fingerprint density at radius 1 is 1.19 bits per heavy atom. The summed E-state index contributed by atoms with van der Waals surface area (Å²) in [6.07, 6.45) is 4.74. The lowest BCUT2D eigenvalue weighted by Gasteiger charge is -2.04. The molecule has 6 nitrogen and oxygen atoms in total. The Morgan fingerprint density at radius 3 is 2.76 bits per heavy atom. The summed E-state index contributed by atoms with van der Waals surface area (Å²) in [6, 6.07) is 11.2. The predicted molar refractivity (Wildman–Crippen MR) is 79.7 cm³/mol. The van der Waals surface area contributed by atoms with Crippen molar-refractivity contribution in [1.29, 1.82) is 0 Å². The minimum Gasteiger partial charge on any atom is -0.323 e. The third-order valence-electron chi connectivity index (χ3n) is 2.93. The lowest BCUT2D eigenvalue weighted by molar-refractivity contribution is -0.111. The van der Waals surface area contributed by atoms with Gasteiger partial charge in [0, 0.05) is 11.3 Å². The second kappa shape index (κ2) is 5.54. The number of allylic oxidation sites excluding steroid dienone is 1. The van der Waals surface area contributed by atoms with Gasteiger partial charge >= 0.3 is 0 Å². The molecule has 2 aromatic heterocycles. The van der Waals surface area contributed by atoms with Gasteiger partial charge in [-0.1, -0.05) is 18.2 Å². The number of amides is 1. The summed E-state index contributed by atoms with van der Waals surface area (Å²) in [5.74, 6) is -0.144. The highest BCUT2D eigenvalue weighted by atomic mass is 16.1. The van der Waals surface area contributed by atoms with Crippen molar-refractivity contribution in [2.45, 2.75) is 6.92 Å². The molecule has 21 heavy (non-hydrogen) atoms. The highest BCUT2D eigenvalue weighted by molar-refractivity contribution is 5.99. The summed E-state index contributed by atoms with van der Waals surface area (Å²) in [5.41, 5.74) is 3.21. The average Bonchev–Trinajstić information content (AvgIpc) is 2.95. The van der Waals surface area contributed by atoms with Gasteiger partial charge in [0.25, 0.3) is 0 Å². The number of carbonyl (C=O) groups excluding carboxylic acids is 1. The minimum atomic E-state index is -0.144. The van der Waals surface area contributed by atoms with E-state index in [-0.39, 0.29) is 5.91 Å². The van der Waals surface area contributed by atoms with Gasteiger partial charge in [0.15, 0.2) is 5.65 Å². The molecule has 3 aromatic rings. The van der Waals surface area contributed by atoms with Gasteiger partial charge in [-0.3, -0.25) is 4.79 Å². The fourth-order valence-corrected chi connectivity index (χ4v) is 1.94. The van der Waals surface area contributed by atoms with Crippen molar-refractivity contribution in [2.75, 3.05) is 5.32 Å². The average molecular weight is 279 g/mol. The maximum atomic E-state index is 11.5. The summed E-state index contributed by atoms with van der Waals surface area (Å²) in [5, 5.41) is 14.9. The van der Waals surface area contributed by atoms with Crippen LogP contribution in [0.4, 0.5) is 5.69 Å². The Hall–Kier alpha value is -3.02. The van der Waals surface area contributed by atoms with Gasteiger partial charge in [0.2, 0.25) is 5.91 Å². The van der Waals surface area contributed by atoms with Crippen LogP contribution in [0.1, 0.15) is 6.92 Å². The van der Waals surface area contributed by atoms with E-state index in [0.717, 1.165) is 16.9 Å². The SMILES string of the molecule is C/C=C/C(=O)Nc1ccc(-c2ccc3nncn3n2)cc1. The minimum absolute atomic E-state index is 0.144. The number of carbonyl (C=O) groups is 1. The maximum Gasteiger partial charge on any atom is 0.248 e. The molecule has 0 saturated heterocycles. The largest absolute Gasteiger partial charge is 0.323 e. The third kappa shape index (κ3) is 2.79. The zero-order chi connectivity index (χ0) is 14.7. The van der Waals surface area contributed by atoms with E-state index in [9.17, 15) is 4.79 Å². The van der Waals surface area contributed by atoms with Gasteiger partial charge in [-0.15, -0.1) is 10.2 Å². The summed E-state index contributed by atoms with van der Waals surface area (Å²) in [4.78, 5) is 11.5. The van der Waals surface area contributed by atoms with Crippen LogP contribution in [-0.2, 0) is 4.79 Å². The van der Waals surface area contributed by atoms with E-state index in [2.05, 4.69) is 20.6 Å². The van der Waals surface area contributed by atoms with Gasteiger partial charge < -0.3 is 5.32 Å². The van der Waals surface area contributed by atoms with E-state index in [0.29, 0.717) is 5.65 Å². The number of fused-ring (bicyclic) bond motifs is 1. The number of rotatable bonds is 3. The van der Waals surface area contributed by atoms with Crippen LogP contribution in [-0.4, -0.2) is 25.7 Å². The zero-order valence-corrected chi connectivity index (χ0v) is 11.4. The van der Waals surface area contributed by atoms with Crippen LogP contribution in [0.3, 0.4) is 0 Å².